The van der Waals surface area contributed by atoms with Gasteiger partial charge >= 0.3 is 0 Å². The summed E-state index contributed by atoms with van der Waals surface area (Å²) >= 11 is 0. The number of likely N-dealkylation sites (tertiary alicyclic amines) is 1. The fourth-order valence-electron chi connectivity index (χ4n) is 2.58. The van der Waals surface area contributed by atoms with Crippen molar-refractivity contribution in [3.05, 3.63) is 17.5 Å². The highest BCUT2D eigenvalue weighted by atomic mass is 16.4. The summed E-state index contributed by atoms with van der Waals surface area (Å²) < 4.78 is 1.73. The number of oxime groups is 1. The Bertz CT molecular complexity index is 515. The van der Waals surface area contributed by atoms with Crippen molar-refractivity contribution in [2.75, 3.05) is 13.1 Å². The van der Waals surface area contributed by atoms with Crippen LogP contribution in [0.25, 0.3) is 0 Å². The number of amidine groups is 1. The molecule has 7 nitrogen and oxygen atoms in total. The highest BCUT2D eigenvalue weighted by molar-refractivity contribution is 5.93. The van der Waals surface area contributed by atoms with E-state index < -0.39 is 0 Å². The molecular formula is C13H21N5O2. The third-order valence-corrected chi connectivity index (χ3v) is 3.74. The molecule has 110 valence electrons. The molecule has 0 radical (unpaired) electrons. The number of piperidine rings is 1. The molecule has 20 heavy (non-hydrogen) atoms. The average Bonchev–Trinajstić information content (AvgIpc) is 2.87. The summed E-state index contributed by atoms with van der Waals surface area (Å²) in [5, 5.41) is 16.0. The van der Waals surface area contributed by atoms with Crippen molar-refractivity contribution in [3.8, 4) is 0 Å². The van der Waals surface area contributed by atoms with Gasteiger partial charge in [0, 0.05) is 25.6 Å². The van der Waals surface area contributed by atoms with E-state index in [0.717, 1.165) is 18.5 Å². The predicted octanol–water partition coefficient (Wildman–Crippen LogP) is 0.810. The molecule has 0 aromatic carbocycles. The summed E-state index contributed by atoms with van der Waals surface area (Å²) in [6.07, 6.45) is 1.45. The summed E-state index contributed by atoms with van der Waals surface area (Å²) in [5.41, 5.74) is 7.09. The quantitative estimate of drug-likeness (QED) is 0.370. The monoisotopic (exact) mass is 279 g/mol. The summed E-state index contributed by atoms with van der Waals surface area (Å²) in [6, 6.07) is 1.82. The van der Waals surface area contributed by atoms with Crippen molar-refractivity contribution in [3.63, 3.8) is 0 Å². The van der Waals surface area contributed by atoms with E-state index in [-0.39, 0.29) is 17.7 Å². The molecular weight excluding hydrogens is 258 g/mol. The maximum atomic E-state index is 12.5. The number of carbonyl (C=O) groups is 1. The molecule has 0 aliphatic carbocycles. The van der Waals surface area contributed by atoms with Crippen LogP contribution in [-0.2, 0) is 6.54 Å². The van der Waals surface area contributed by atoms with Crippen molar-refractivity contribution in [1.82, 2.24) is 14.7 Å². The molecule has 1 aromatic heterocycles. The van der Waals surface area contributed by atoms with Crippen molar-refractivity contribution in [2.24, 2.45) is 16.8 Å². The van der Waals surface area contributed by atoms with Crippen LogP contribution in [0.5, 0.6) is 0 Å². The van der Waals surface area contributed by atoms with Crippen molar-refractivity contribution >= 4 is 11.7 Å². The lowest BCUT2D eigenvalue weighted by atomic mass is 9.95. The molecule has 2 heterocycles. The second kappa shape index (κ2) is 5.94. The van der Waals surface area contributed by atoms with Crippen LogP contribution in [0, 0.1) is 12.8 Å². The number of aromatic nitrogens is 2. The molecule has 1 aliphatic heterocycles. The highest BCUT2D eigenvalue weighted by Gasteiger charge is 2.27. The van der Waals surface area contributed by atoms with Gasteiger partial charge in [-0.3, -0.25) is 9.48 Å². The number of aryl methyl sites for hydroxylation is 2. The molecule has 1 fully saturated rings. The average molecular weight is 279 g/mol. The largest absolute Gasteiger partial charge is 0.409 e. The Kier molecular flexibility index (Phi) is 4.26. The summed E-state index contributed by atoms with van der Waals surface area (Å²) in [7, 11) is 0. The smallest absolute Gasteiger partial charge is 0.272 e. The third kappa shape index (κ3) is 2.76. The Balaban J connectivity index is 2.05. The number of hydrogen-bond acceptors (Lipinski definition) is 4. The Morgan fingerprint density at radius 2 is 2.20 bits per heavy atom. The van der Waals surface area contributed by atoms with Gasteiger partial charge in [-0.05, 0) is 32.8 Å². The van der Waals surface area contributed by atoms with Gasteiger partial charge in [-0.25, -0.2) is 0 Å². The number of nitrogens with zero attached hydrogens (tertiary/aromatic N) is 4. The molecule has 1 aromatic rings. The second-order valence-corrected chi connectivity index (χ2v) is 5.08. The van der Waals surface area contributed by atoms with Gasteiger partial charge in [0.25, 0.3) is 5.91 Å². The van der Waals surface area contributed by atoms with Crippen LogP contribution in [-0.4, -0.2) is 44.7 Å². The molecule has 0 spiro atoms. The predicted molar refractivity (Wildman–Crippen MR) is 74.7 cm³/mol. The fraction of sp³-hybridized carbons (Fsp3) is 0.615. The Hall–Kier alpha value is -2.05. The van der Waals surface area contributed by atoms with E-state index in [1.54, 1.807) is 4.68 Å². The maximum absolute atomic E-state index is 12.5. The lowest BCUT2D eigenvalue weighted by Crippen LogP contribution is -2.42. The van der Waals surface area contributed by atoms with E-state index in [4.69, 9.17) is 10.9 Å². The fourth-order valence-corrected chi connectivity index (χ4v) is 2.58. The summed E-state index contributed by atoms with van der Waals surface area (Å²) in [6.45, 7) is 5.76. The van der Waals surface area contributed by atoms with Gasteiger partial charge in [-0.15, -0.1) is 0 Å². The van der Waals surface area contributed by atoms with Gasteiger partial charge < -0.3 is 15.8 Å². The molecule has 0 atom stereocenters. The van der Waals surface area contributed by atoms with Gasteiger partial charge in [0.1, 0.15) is 11.5 Å². The third-order valence-electron chi connectivity index (χ3n) is 3.74. The van der Waals surface area contributed by atoms with E-state index in [0.29, 0.717) is 25.3 Å². The first-order valence-electron chi connectivity index (χ1n) is 6.88. The molecule has 1 amide bonds. The van der Waals surface area contributed by atoms with Gasteiger partial charge in [-0.2, -0.15) is 5.10 Å². The van der Waals surface area contributed by atoms with Crippen LogP contribution < -0.4 is 5.73 Å². The van der Waals surface area contributed by atoms with E-state index >= 15 is 0 Å². The minimum Gasteiger partial charge on any atom is -0.409 e. The van der Waals surface area contributed by atoms with E-state index in [1.165, 1.54) is 0 Å². The summed E-state index contributed by atoms with van der Waals surface area (Å²) in [4.78, 5) is 14.3. The van der Waals surface area contributed by atoms with Crippen LogP contribution >= 0.6 is 0 Å². The van der Waals surface area contributed by atoms with E-state index in [1.807, 2.05) is 24.8 Å². The Morgan fingerprint density at radius 1 is 1.55 bits per heavy atom. The van der Waals surface area contributed by atoms with Crippen molar-refractivity contribution in [1.29, 1.82) is 0 Å². The van der Waals surface area contributed by atoms with Gasteiger partial charge in [0.05, 0.1) is 5.69 Å². The molecule has 0 bridgehead atoms. The zero-order valence-corrected chi connectivity index (χ0v) is 11.9. The van der Waals surface area contributed by atoms with E-state index in [9.17, 15) is 4.79 Å². The Morgan fingerprint density at radius 3 is 2.75 bits per heavy atom. The topological polar surface area (TPSA) is 96.7 Å². The van der Waals surface area contributed by atoms with Crippen LogP contribution in [0.4, 0.5) is 0 Å². The van der Waals surface area contributed by atoms with Gasteiger partial charge in [-0.1, -0.05) is 5.16 Å². The zero-order chi connectivity index (χ0) is 14.7. The minimum absolute atomic E-state index is 0.00501. The van der Waals surface area contributed by atoms with Crippen molar-refractivity contribution < 1.29 is 10.0 Å². The second-order valence-electron chi connectivity index (χ2n) is 5.08. The first-order valence-corrected chi connectivity index (χ1v) is 6.88. The molecule has 0 saturated carbocycles. The SMILES string of the molecule is CCn1nc(C)cc1C(=O)N1CCC(C(N)=NO)CC1. The number of hydrogen-bond donors (Lipinski definition) is 2. The van der Waals surface area contributed by atoms with Crippen LogP contribution in [0.3, 0.4) is 0 Å². The zero-order valence-electron chi connectivity index (χ0n) is 11.9. The molecule has 7 heteroatoms. The van der Waals surface area contributed by atoms with Crippen LogP contribution in [0.15, 0.2) is 11.2 Å². The molecule has 1 saturated heterocycles. The maximum Gasteiger partial charge on any atom is 0.272 e. The Labute approximate surface area is 118 Å². The molecule has 2 rings (SSSR count). The number of carbonyl (C=O) groups excluding carboxylic acids is 1. The van der Waals surface area contributed by atoms with Gasteiger partial charge in [0.2, 0.25) is 0 Å². The molecule has 3 N–H and O–H groups in total. The lowest BCUT2D eigenvalue weighted by Gasteiger charge is -2.31. The summed E-state index contributed by atoms with van der Waals surface area (Å²) in [5.74, 6) is 0.318. The molecule has 1 aliphatic rings. The first-order chi connectivity index (χ1) is 9.56. The van der Waals surface area contributed by atoms with Crippen molar-refractivity contribution in [2.45, 2.75) is 33.2 Å². The number of amides is 1. The van der Waals surface area contributed by atoms with Crippen LogP contribution in [0.1, 0.15) is 35.9 Å². The van der Waals surface area contributed by atoms with Gasteiger partial charge in [0.15, 0.2) is 0 Å². The number of nitrogens with two attached hydrogens (primary N) is 1. The van der Waals surface area contributed by atoms with Crippen LogP contribution in [0.2, 0.25) is 0 Å². The lowest BCUT2D eigenvalue weighted by molar-refractivity contribution is 0.0696. The standard InChI is InChI=1S/C13H21N5O2/c1-3-18-11(8-9(2)15-18)13(19)17-6-4-10(5-7-17)12(14)16-20/h8,10,20H,3-7H2,1-2H3,(H2,14,16). The van der Waals surface area contributed by atoms with E-state index in [2.05, 4.69) is 10.3 Å². The number of rotatable bonds is 3. The molecule has 0 unspecified atom stereocenters. The normalized spacial score (nSPS) is 17.5. The first kappa shape index (κ1) is 14.4. The minimum atomic E-state index is 0.00501. The highest BCUT2D eigenvalue weighted by Crippen LogP contribution is 2.19.